The first kappa shape index (κ1) is 16.9. The Balaban J connectivity index is 1.42. The topological polar surface area (TPSA) is 64.7 Å². The highest BCUT2D eigenvalue weighted by Crippen LogP contribution is 2.12. The Morgan fingerprint density at radius 2 is 1.88 bits per heavy atom. The standard InChI is InChI=1S/C17H23FN4O2/c18-13-3-5-14(6-4-13)20-16(23)12-21-8-10-22(11-9-21)17(24)15-2-1-7-19-15/h3-6,15,19H,1-2,7-12H2,(H,20,23). The van der Waals surface area contributed by atoms with E-state index in [4.69, 9.17) is 0 Å². The summed E-state index contributed by atoms with van der Waals surface area (Å²) in [6, 6.07) is 5.68. The summed E-state index contributed by atoms with van der Waals surface area (Å²) in [5.74, 6) is -0.271. The van der Waals surface area contributed by atoms with Crippen LogP contribution in [0.5, 0.6) is 0 Å². The van der Waals surface area contributed by atoms with Gasteiger partial charge in [0, 0.05) is 31.9 Å². The molecule has 0 saturated carbocycles. The van der Waals surface area contributed by atoms with Gasteiger partial charge in [0.2, 0.25) is 11.8 Å². The fourth-order valence-corrected chi connectivity index (χ4v) is 3.18. The summed E-state index contributed by atoms with van der Waals surface area (Å²) in [7, 11) is 0. The van der Waals surface area contributed by atoms with Gasteiger partial charge in [0.05, 0.1) is 12.6 Å². The van der Waals surface area contributed by atoms with Gasteiger partial charge in [-0.05, 0) is 43.7 Å². The molecule has 2 amide bonds. The maximum Gasteiger partial charge on any atom is 0.239 e. The van der Waals surface area contributed by atoms with Gasteiger partial charge in [-0.2, -0.15) is 0 Å². The molecule has 2 aliphatic rings. The van der Waals surface area contributed by atoms with Crippen LogP contribution in [0.1, 0.15) is 12.8 Å². The van der Waals surface area contributed by atoms with E-state index in [1.807, 2.05) is 9.80 Å². The number of piperazine rings is 1. The molecule has 2 heterocycles. The van der Waals surface area contributed by atoms with Crippen LogP contribution in [-0.4, -0.2) is 66.9 Å². The van der Waals surface area contributed by atoms with Gasteiger partial charge < -0.3 is 15.5 Å². The van der Waals surface area contributed by atoms with Gasteiger partial charge >= 0.3 is 0 Å². The van der Waals surface area contributed by atoms with Crippen LogP contribution in [0.25, 0.3) is 0 Å². The van der Waals surface area contributed by atoms with Crippen LogP contribution in [0, 0.1) is 5.82 Å². The molecule has 6 nitrogen and oxygen atoms in total. The molecule has 0 bridgehead atoms. The third-order valence-electron chi connectivity index (χ3n) is 4.54. The second kappa shape index (κ2) is 7.72. The molecule has 1 aromatic rings. The quantitative estimate of drug-likeness (QED) is 0.849. The summed E-state index contributed by atoms with van der Waals surface area (Å²) >= 11 is 0. The van der Waals surface area contributed by atoms with Crippen LogP contribution < -0.4 is 10.6 Å². The minimum Gasteiger partial charge on any atom is -0.339 e. The van der Waals surface area contributed by atoms with Crippen molar-refractivity contribution in [2.24, 2.45) is 0 Å². The molecular formula is C17H23FN4O2. The van der Waals surface area contributed by atoms with Crippen LogP contribution >= 0.6 is 0 Å². The molecule has 2 aliphatic heterocycles. The first-order chi connectivity index (χ1) is 11.6. The Morgan fingerprint density at radius 3 is 2.50 bits per heavy atom. The largest absolute Gasteiger partial charge is 0.339 e. The number of amides is 2. The highest BCUT2D eigenvalue weighted by Gasteiger charge is 2.29. The molecule has 2 fully saturated rings. The highest BCUT2D eigenvalue weighted by atomic mass is 19.1. The number of anilines is 1. The van der Waals surface area contributed by atoms with Crippen molar-refractivity contribution in [2.75, 3.05) is 44.6 Å². The van der Waals surface area contributed by atoms with Gasteiger partial charge in [0.25, 0.3) is 0 Å². The van der Waals surface area contributed by atoms with Crippen LogP contribution in [0.3, 0.4) is 0 Å². The Hall–Kier alpha value is -1.99. The number of carbonyl (C=O) groups excluding carboxylic acids is 2. The van der Waals surface area contributed by atoms with Crippen LogP contribution in [0.2, 0.25) is 0 Å². The third kappa shape index (κ3) is 4.30. The van der Waals surface area contributed by atoms with Gasteiger partial charge in [-0.25, -0.2) is 4.39 Å². The molecule has 3 rings (SSSR count). The lowest BCUT2D eigenvalue weighted by Crippen LogP contribution is -2.54. The van der Waals surface area contributed by atoms with E-state index < -0.39 is 0 Å². The van der Waals surface area contributed by atoms with Gasteiger partial charge in [-0.1, -0.05) is 0 Å². The van der Waals surface area contributed by atoms with Crippen LogP contribution in [0.4, 0.5) is 10.1 Å². The van der Waals surface area contributed by atoms with Crippen LogP contribution in [-0.2, 0) is 9.59 Å². The molecule has 2 saturated heterocycles. The zero-order chi connectivity index (χ0) is 16.9. The highest BCUT2D eigenvalue weighted by molar-refractivity contribution is 5.92. The van der Waals surface area contributed by atoms with Crippen molar-refractivity contribution in [3.63, 3.8) is 0 Å². The van der Waals surface area contributed by atoms with Crippen molar-refractivity contribution >= 4 is 17.5 Å². The molecule has 1 aromatic carbocycles. The summed E-state index contributed by atoms with van der Waals surface area (Å²) in [4.78, 5) is 28.3. The van der Waals surface area contributed by atoms with E-state index in [1.54, 1.807) is 12.1 Å². The van der Waals surface area contributed by atoms with Gasteiger partial charge in [0.1, 0.15) is 5.82 Å². The first-order valence-electron chi connectivity index (χ1n) is 8.42. The normalized spacial score (nSPS) is 21.7. The van der Waals surface area contributed by atoms with E-state index in [-0.39, 0.29) is 30.2 Å². The average molecular weight is 334 g/mol. The molecule has 130 valence electrons. The molecule has 0 aliphatic carbocycles. The van der Waals surface area contributed by atoms with E-state index in [0.717, 1.165) is 19.4 Å². The Labute approximate surface area is 141 Å². The Bertz CT molecular complexity index is 579. The number of nitrogens with zero attached hydrogens (tertiary/aromatic N) is 2. The second-order valence-corrected chi connectivity index (χ2v) is 6.31. The zero-order valence-corrected chi connectivity index (χ0v) is 13.6. The van der Waals surface area contributed by atoms with E-state index in [9.17, 15) is 14.0 Å². The van der Waals surface area contributed by atoms with Gasteiger partial charge in [0.15, 0.2) is 0 Å². The smallest absolute Gasteiger partial charge is 0.239 e. The van der Waals surface area contributed by atoms with Crippen molar-refractivity contribution in [2.45, 2.75) is 18.9 Å². The molecule has 7 heteroatoms. The molecule has 1 unspecified atom stereocenters. The van der Waals surface area contributed by atoms with Crippen molar-refractivity contribution < 1.29 is 14.0 Å². The molecule has 0 spiro atoms. The molecule has 2 N–H and O–H groups in total. The third-order valence-corrected chi connectivity index (χ3v) is 4.54. The molecule has 24 heavy (non-hydrogen) atoms. The predicted octanol–water partition coefficient (Wildman–Crippen LogP) is 0.660. The van der Waals surface area contributed by atoms with Crippen molar-refractivity contribution in [1.29, 1.82) is 0 Å². The number of halogens is 1. The fraction of sp³-hybridized carbons (Fsp3) is 0.529. The molecule has 0 aromatic heterocycles. The maximum atomic E-state index is 12.9. The molecule has 1 atom stereocenters. The van der Waals surface area contributed by atoms with Crippen molar-refractivity contribution in [3.8, 4) is 0 Å². The maximum absolute atomic E-state index is 12.9. The number of carbonyl (C=O) groups is 2. The summed E-state index contributed by atoms with van der Waals surface area (Å²) in [5.41, 5.74) is 0.586. The van der Waals surface area contributed by atoms with E-state index in [1.165, 1.54) is 12.1 Å². The zero-order valence-electron chi connectivity index (χ0n) is 13.6. The number of hydrogen-bond acceptors (Lipinski definition) is 4. The first-order valence-corrected chi connectivity index (χ1v) is 8.42. The lowest BCUT2D eigenvalue weighted by molar-refractivity contribution is -0.135. The van der Waals surface area contributed by atoms with E-state index in [2.05, 4.69) is 10.6 Å². The van der Waals surface area contributed by atoms with Crippen molar-refractivity contribution in [3.05, 3.63) is 30.1 Å². The predicted molar refractivity (Wildman–Crippen MR) is 89.1 cm³/mol. The van der Waals surface area contributed by atoms with E-state index in [0.29, 0.717) is 31.9 Å². The Morgan fingerprint density at radius 1 is 1.17 bits per heavy atom. The van der Waals surface area contributed by atoms with Gasteiger partial charge in [-0.15, -0.1) is 0 Å². The number of nitrogens with one attached hydrogen (secondary N) is 2. The summed E-state index contributed by atoms with van der Waals surface area (Å²) in [6.45, 7) is 3.88. The minimum atomic E-state index is -0.328. The fourth-order valence-electron chi connectivity index (χ4n) is 3.18. The number of hydrogen-bond donors (Lipinski definition) is 2. The monoisotopic (exact) mass is 334 g/mol. The lowest BCUT2D eigenvalue weighted by Gasteiger charge is -2.35. The van der Waals surface area contributed by atoms with Crippen molar-refractivity contribution in [1.82, 2.24) is 15.1 Å². The van der Waals surface area contributed by atoms with Crippen LogP contribution in [0.15, 0.2) is 24.3 Å². The Kier molecular flexibility index (Phi) is 5.42. The minimum absolute atomic E-state index is 0.0293. The number of benzene rings is 1. The average Bonchev–Trinajstić information content (AvgIpc) is 3.11. The lowest BCUT2D eigenvalue weighted by atomic mass is 10.2. The molecular weight excluding hydrogens is 311 g/mol. The summed E-state index contributed by atoms with van der Waals surface area (Å²) in [6.07, 6.45) is 1.97. The summed E-state index contributed by atoms with van der Waals surface area (Å²) in [5, 5.41) is 5.99. The molecule has 0 radical (unpaired) electrons. The van der Waals surface area contributed by atoms with Gasteiger partial charge in [-0.3, -0.25) is 14.5 Å². The summed E-state index contributed by atoms with van der Waals surface area (Å²) < 4.78 is 12.9. The number of rotatable bonds is 4. The van der Waals surface area contributed by atoms with E-state index >= 15 is 0 Å². The second-order valence-electron chi connectivity index (χ2n) is 6.31. The SMILES string of the molecule is O=C(CN1CCN(C(=O)C2CCCN2)CC1)Nc1ccc(F)cc1.